The minimum absolute atomic E-state index is 0.0231. The van der Waals surface area contributed by atoms with Crippen molar-refractivity contribution in [2.45, 2.75) is 13.5 Å². The zero-order valence-electron chi connectivity index (χ0n) is 13.6. The summed E-state index contributed by atoms with van der Waals surface area (Å²) in [6.07, 6.45) is 0. The fourth-order valence-electron chi connectivity index (χ4n) is 2.21. The van der Waals surface area contributed by atoms with E-state index in [2.05, 4.69) is 0 Å². The second kappa shape index (κ2) is 7.45. The molecule has 7 nitrogen and oxygen atoms in total. The number of hydrogen-bond acceptors (Lipinski definition) is 6. The van der Waals surface area contributed by atoms with Crippen LogP contribution in [0.2, 0.25) is 0 Å². The number of nitro groups is 1. The Balaban J connectivity index is 2.30. The summed E-state index contributed by atoms with van der Waals surface area (Å²) in [6, 6.07) is 9.50. The molecule has 0 N–H and O–H groups in total. The van der Waals surface area contributed by atoms with E-state index >= 15 is 0 Å². The van der Waals surface area contributed by atoms with Crippen LogP contribution in [-0.4, -0.2) is 25.1 Å². The van der Waals surface area contributed by atoms with Crippen molar-refractivity contribution in [1.29, 1.82) is 0 Å². The minimum atomic E-state index is -0.539. The lowest BCUT2D eigenvalue weighted by Crippen LogP contribution is -2.07. The van der Waals surface area contributed by atoms with Gasteiger partial charge in [-0.25, -0.2) is 4.79 Å². The van der Waals surface area contributed by atoms with E-state index in [1.54, 1.807) is 37.3 Å². The molecule has 0 heterocycles. The summed E-state index contributed by atoms with van der Waals surface area (Å²) in [6.45, 7) is 1.73. The number of carbonyl (C=O) groups excluding carboxylic acids is 1. The molecule has 0 saturated carbocycles. The quantitative estimate of drug-likeness (QED) is 0.458. The van der Waals surface area contributed by atoms with Crippen LogP contribution < -0.4 is 9.47 Å². The van der Waals surface area contributed by atoms with Crippen LogP contribution in [0, 0.1) is 17.0 Å². The highest BCUT2D eigenvalue weighted by Crippen LogP contribution is 2.28. The Morgan fingerprint density at radius 1 is 1.21 bits per heavy atom. The van der Waals surface area contributed by atoms with Crippen LogP contribution in [0.15, 0.2) is 36.4 Å². The summed E-state index contributed by atoms with van der Waals surface area (Å²) in [4.78, 5) is 22.4. The average Bonchev–Trinajstić information content (AvgIpc) is 2.59. The zero-order chi connectivity index (χ0) is 17.7. The molecule has 0 aliphatic carbocycles. The first-order chi connectivity index (χ1) is 11.5. The lowest BCUT2D eigenvalue weighted by Gasteiger charge is -2.13. The normalized spacial score (nSPS) is 10.1. The third kappa shape index (κ3) is 3.62. The standard InChI is InChI=1S/C17H17NO6/c1-11-12(5-4-6-15(11)18(20)21)10-24-16-9-13(22-2)7-8-14(16)17(19)23-3/h4-9H,10H2,1-3H3. The molecule has 2 aromatic carbocycles. The van der Waals surface area contributed by atoms with Gasteiger partial charge in [-0.15, -0.1) is 0 Å². The summed E-state index contributed by atoms with van der Waals surface area (Å²) in [5, 5.41) is 11.0. The number of benzene rings is 2. The summed E-state index contributed by atoms with van der Waals surface area (Å²) in [5.41, 5.74) is 1.45. The van der Waals surface area contributed by atoms with Gasteiger partial charge in [0, 0.05) is 17.7 Å². The molecule has 126 valence electrons. The Labute approximate surface area is 138 Å². The predicted octanol–water partition coefficient (Wildman–Crippen LogP) is 3.28. The number of esters is 1. The van der Waals surface area contributed by atoms with Crippen LogP contribution in [0.25, 0.3) is 0 Å². The Hall–Kier alpha value is -3.09. The number of rotatable bonds is 6. The molecule has 0 aliphatic heterocycles. The summed E-state index contributed by atoms with van der Waals surface area (Å²) in [7, 11) is 2.78. The molecule has 0 radical (unpaired) electrons. The number of methoxy groups -OCH3 is 2. The molecule has 0 aliphatic rings. The van der Waals surface area contributed by atoms with Gasteiger partial charge in [-0.3, -0.25) is 10.1 Å². The maximum absolute atomic E-state index is 11.8. The van der Waals surface area contributed by atoms with E-state index in [4.69, 9.17) is 14.2 Å². The molecule has 24 heavy (non-hydrogen) atoms. The topological polar surface area (TPSA) is 87.9 Å². The number of nitrogens with zero attached hydrogens (tertiary/aromatic N) is 1. The largest absolute Gasteiger partial charge is 0.497 e. The molecular weight excluding hydrogens is 314 g/mol. The van der Waals surface area contributed by atoms with Gasteiger partial charge >= 0.3 is 5.97 Å². The van der Waals surface area contributed by atoms with Gasteiger partial charge < -0.3 is 14.2 Å². The number of ether oxygens (including phenoxy) is 3. The monoisotopic (exact) mass is 331 g/mol. The predicted molar refractivity (Wildman–Crippen MR) is 86.5 cm³/mol. The third-order valence-electron chi connectivity index (χ3n) is 3.59. The highest BCUT2D eigenvalue weighted by molar-refractivity contribution is 5.92. The molecule has 0 spiro atoms. The first kappa shape index (κ1) is 17.3. The van der Waals surface area contributed by atoms with Crippen molar-refractivity contribution in [1.82, 2.24) is 0 Å². The second-order valence-electron chi connectivity index (χ2n) is 4.96. The summed E-state index contributed by atoms with van der Waals surface area (Å²) in [5.74, 6) is 0.268. The number of carbonyl (C=O) groups is 1. The van der Waals surface area contributed by atoms with E-state index in [0.717, 1.165) is 0 Å². The second-order valence-corrected chi connectivity index (χ2v) is 4.96. The van der Waals surface area contributed by atoms with Crippen molar-refractivity contribution in [2.75, 3.05) is 14.2 Å². The van der Waals surface area contributed by atoms with Crippen molar-refractivity contribution in [3.8, 4) is 11.5 Å². The van der Waals surface area contributed by atoms with Gasteiger partial charge in [-0.1, -0.05) is 12.1 Å². The van der Waals surface area contributed by atoms with Gasteiger partial charge in [-0.2, -0.15) is 0 Å². The molecule has 0 saturated heterocycles. The Morgan fingerprint density at radius 2 is 1.96 bits per heavy atom. The molecule has 0 aromatic heterocycles. The molecular formula is C17H17NO6. The van der Waals surface area contributed by atoms with E-state index in [0.29, 0.717) is 16.9 Å². The molecule has 2 aromatic rings. The molecule has 0 atom stereocenters. The lowest BCUT2D eigenvalue weighted by molar-refractivity contribution is -0.385. The Bertz CT molecular complexity index is 772. The van der Waals surface area contributed by atoms with E-state index in [9.17, 15) is 14.9 Å². The van der Waals surface area contributed by atoms with Crippen LogP contribution in [-0.2, 0) is 11.3 Å². The highest BCUT2D eigenvalue weighted by Gasteiger charge is 2.17. The van der Waals surface area contributed by atoms with Crippen LogP contribution in [0.1, 0.15) is 21.5 Å². The molecule has 0 unspecified atom stereocenters. The summed E-state index contributed by atoms with van der Waals surface area (Å²) < 4.78 is 15.6. The van der Waals surface area contributed by atoms with Gasteiger partial charge in [-0.05, 0) is 24.6 Å². The maximum atomic E-state index is 11.8. The van der Waals surface area contributed by atoms with Crippen LogP contribution in [0.4, 0.5) is 5.69 Å². The minimum Gasteiger partial charge on any atom is -0.497 e. The first-order valence-electron chi connectivity index (χ1n) is 7.10. The van der Waals surface area contributed by atoms with Crippen molar-refractivity contribution in [3.05, 3.63) is 63.2 Å². The lowest BCUT2D eigenvalue weighted by atomic mass is 10.1. The SMILES string of the molecule is COC(=O)c1ccc(OC)cc1OCc1cccc([N+](=O)[O-])c1C. The van der Waals surface area contributed by atoms with Gasteiger partial charge in [0.05, 0.1) is 19.1 Å². The van der Waals surface area contributed by atoms with E-state index < -0.39 is 10.9 Å². The molecule has 7 heteroatoms. The van der Waals surface area contributed by atoms with E-state index in [-0.39, 0.29) is 23.6 Å². The smallest absolute Gasteiger partial charge is 0.341 e. The fourth-order valence-corrected chi connectivity index (χ4v) is 2.21. The first-order valence-corrected chi connectivity index (χ1v) is 7.10. The van der Waals surface area contributed by atoms with Crippen LogP contribution >= 0.6 is 0 Å². The van der Waals surface area contributed by atoms with Crippen molar-refractivity contribution in [3.63, 3.8) is 0 Å². The molecule has 0 bridgehead atoms. The zero-order valence-corrected chi connectivity index (χ0v) is 13.6. The third-order valence-corrected chi connectivity index (χ3v) is 3.59. The van der Waals surface area contributed by atoms with Gasteiger partial charge in [0.15, 0.2) is 0 Å². The van der Waals surface area contributed by atoms with Crippen molar-refractivity contribution >= 4 is 11.7 Å². The Kier molecular flexibility index (Phi) is 5.36. The van der Waals surface area contributed by atoms with Crippen LogP contribution in [0.5, 0.6) is 11.5 Å². The number of hydrogen-bond donors (Lipinski definition) is 0. The Morgan fingerprint density at radius 3 is 2.58 bits per heavy atom. The molecule has 2 rings (SSSR count). The highest BCUT2D eigenvalue weighted by atomic mass is 16.6. The average molecular weight is 331 g/mol. The van der Waals surface area contributed by atoms with Crippen molar-refractivity contribution in [2.24, 2.45) is 0 Å². The fraction of sp³-hybridized carbons (Fsp3) is 0.235. The van der Waals surface area contributed by atoms with Crippen molar-refractivity contribution < 1.29 is 23.9 Å². The number of nitro benzene ring substituents is 1. The van der Waals surface area contributed by atoms with Gasteiger partial charge in [0.1, 0.15) is 23.7 Å². The van der Waals surface area contributed by atoms with E-state index in [1.165, 1.54) is 20.3 Å². The maximum Gasteiger partial charge on any atom is 0.341 e. The summed E-state index contributed by atoms with van der Waals surface area (Å²) >= 11 is 0. The molecule has 0 fully saturated rings. The molecule has 0 amide bonds. The van der Waals surface area contributed by atoms with E-state index in [1.807, 2.05) is 0 Å². The van der Waals surface area contributed by atoms with Gasteiger partial charge in [0.2, 0.25) is 0 Å². The van der Waals surface area contributed by atoms with Gasteiger partial charge in [0.25, 0.3) is 5.69 Å². The van der Waals surface area contributed by atoms with Crippen LogP contribution in [0.3, 0.4) is 0 Å².